The summed E-state index contributed by atoms with van der Waals surface area (Å²) in [6, 6.07) is 4.00. The number of anilines is 1. The summed E-state index contributed by atoms with van der Waals surface area (Å²) < 4.78 is 19.8. The Hall–Kier alpha value is -2.73. The summed E-state index contributed by atoms with van der Waals surface area (Å²) in [7, 11) is 0. The third-order valence-electron chi connectivity index (χ3n) is 7.07. The minimum Gasteiger partial charge on any atom is -0.454 e. The lowest BCUT2D eigenvalue weighted by atomic mass is 9.84. The Kier molecular flexibility index (Phi) is 7.87. The van der Waals surface area contributed by atoms with Gasteiger partial charge in [0.15, 0.2) is 33.6 Å². The van der Waals surface area contributed by atoms with Crippen molar-refractivity contribution in [1.29, 1.82) is 0 Å². The van der Waals surface area contributed by atoms with E-state index in [9.17, 15) is 4.79 Å². The summed E-state index contributed by atoms with van der Waals surface area (Å²) in [5, 5.41) is 0.781. The number of hydrogen-bond acceptors (Lipinski definition) is 9. The van der Waals surface area contributed by atoms with Gasteiger partial charge in [-0.05, 0) is 79.9 Å². The number of nitrogens with two attached hydrogens (primary N) is 1. The Morgan fingerprint density at radius 3 is 2.72 bits per heavy atom. The number of likely N-dealkylation sites (tertiary alicyclic amines) is 1. The van der Waals surface area contributed by atoms with E-state index in [4.69, 9.17) is 24.9 Å². The molecule has 2 aromatic heterocycles. The molecule has 0 bridgehead atoms. The van der Waals surface area contributed by atoms with Crippen molar-refractivity contribution >= 4 is 50.8 Å². The summed E-state index contributed by atoms with van der Waals surface area (Å²) >= 11 is 5.18. The van der Waals surface area contributed by atoms with E-state index in [0.29, 0.717) is 46.9 Å². The number of ether oxygens (including phenoxy) is 3. The topological polar surface area (TPSA) is 118 Å². The summed E-state index contributed by atoms with van der Waals surface area (Å²) in [4.78, 5) is 29.3. The molecule has 0 saturated carbocycles. The van der Waals surface area contributed by atoms with Crippen LogP contribution in [0.1, 0.15) is 53.9 Å². The molecule has 3 aromatic rings. The van der Waals surface area contributed by atoms with Gasteiger partial charge in [-0.15, -0.1) is 0 Å². The molecule has 210 valence electrons. The van der Waals surface area contributed by atoms with Gasteiger partial charge in [-0.2, -0.15) is 0 Å². The van der Waals surface area contributed by atoms with Crippen LogP contribution in [0.3, 0.4) is 0 Å². The van der Waals surface area contributed by atoms with E-state index in [2.05, 4.69) is 44.3 Å². The predicted molar refractivity (Wildman–Crippen MR) is 153 cm³/mol. The van der Waals surface area contributed by atoms with E-state index in [1.54, 1.807) is 0 Å². The second-order valence-corrected chi connectivity index (χ2v) is 13.2. The van der Waals surface area contributed by atoms with Crippen LogP contribution in [0.25, 0.3) is 11.2 Å². The molecule has 39 heavy (non-hydrogen) atoms. The first-order valence-corrected chi connectivity index (χ1v) is 14.8. The first-order valence-electron chi connectivity index (χ1n) is 13.2. The number of nitrogens with zero attached hydrogens (tertiary/aromatic N) is 5. The molecule has 10 nitrogen and oxygen atoms in total. The molecule has 1 fully saturated rings. The number of halogens is 1. The van der Waals surface area contributed by atoms with Gasteiger partial charge in [0.25, 0.3) is 0 Å². The zero-order valence-electron chi connectivity index (χ0n) is 22.9. The van der Waals surface area contributed by atoms with Gasteiger partial charge in [0, 0.05) is 28.5 Å². The molecule has 1 aromatic carbocycles. The standard InChI is InChI=1S/C27H35BrN6O4S/c1-15(2)18-10-16(6-8-33(18)26(35)38-27(3,4)5)7-9-34-24-22(23(29)30-13-31-24)32-25(34)39-21-12-20-19(11-17(21)28)36-14-37-20/h11-13,15-16,18H,6-10,14H2,1-5H3,(H2,29,30,31)/t16-,18+/m0/s1. The maximum Gasteiger partial charge on any atom is 0.410 e. The van der Waals surface area contributed by atoms with E-state index in [-0.39, 0.29) is 18.9 Å². The molecule has 2 N–H and O–H groups in total. The second-order valence-electron chi connectivity index (χ2n) is 11.4. The molecule has 1 amide bonds. The highest BCUT2D eigenvalue weighted by atomic mass is 79.9. The Morgan fingerprint density at radius 1 is 1.26 bits per heavy atom. The van der Waals surface area contributed by atoms with Crippen LogP contribution >= 0.6 is 27.7 Å². The average Bonchev–Trinajstić information content (AvgIpc) is 3.46. The van der Waals surface area contributed by atoms with Crippen molar-refractivity contribution in [3.8, 4) is 11.5 Å². The van der Waals surface area contributed by atoms with E-state index in [0.717, 1.165) is 40.3 Å². The van der Waals surface area contributed by atoms with Crippen LogP contribution in [0.15, 0.2) is 33.0 Å². The predicted octanol–water partition coefficient (Wildman–Crippen LogP) is 6.11. The zero-order valence-corrected chi connectivity index (χ0v) is 25.3. The summed E-state index contributed by atoms with van der Waals surface area (Å²) in [6.07, 6.45) is 4.03. The lowest BCUT2D eigenvalue weighted by Crippen LogP contribution is -2.50. The van der Waals surface area contributed by atoms with Crippen molar-refractivity contribution in [3.63, 3.8) is 0 Å². The van der Waals surface area contributed by atoms with Crippen LogP contribution in [-0.4, -0.2) is 55.5 Å². The van der Waals surface area contributed by atoms with Gasteiger partial charge in [-0.25, -0.2) is 19.7 Å². The minimum atomic E-state index is -0.511. The third-order valence-corrected chi connectivity index (χ3v) is 9.04. The molecule has 0 unspecified atom stereocenters. The fraction of sp³-hybridized carbons (Fsp3) is 0.556. The van der Waals surface area contributed by atoms with Crippen LogP contribution in [-0.2, 0) is 11.3 Å². The molecule has 0 radical (unpaired) electrons. The maximum atomic E-state index is 12.9. The maximum absolute atomic E-state index is 12.9. The van der Waals surface area contributed by atoms with E-state index >= 15 is 0 Å². The van der Waals surface area contributed by atoms with E-state index < -0.39 is 5.60 Å². The molecule has 1 saturated heterocycles. The van der Waals surface area contributed by atoms with Gasteiger partial charge in [0.1, 0.15) is 11.9 Å². The molecule has 2 aliphatic rings. The summed E-state index contributed by atoms with van der Waals surface area (Å²) in [5.74, 6) is 2.56. The molecule has 12 heteroatoms. The summed E-state index contributed by atoms with van der Waals surface area (Å²) in [6.45, 7) is 11.7. The number of piperidine rings is 1. The highest BCUT2D eigenvalue weighted by molar-refractivity contribution is 9.10. The van der Waals surface area contributed by atoms with Gasteiger partial charge in [-0.1, -0.05) is 25.6 Å². The van der Waals surface area contributed by atoms with Gasteiger partial charge in [0.05, 0.1) is 0 Å². The first kappa shape index (κ1) is 27.8. The number of benzene rings is 1. The number of aromatic nitrogens is 4. The van der Waals surface area contributed by atoms with Gasteiger partial charge >= 0.3 is 6.09 Å². The molecule has 5 rings (SSSR count). The second kappa shape index (κ2) is 11.0. The fourth-order valence-electron chi connectivity index (χ4n) is 5.12. The molecule has 4 heterocycles. The zero-order chi connectivity index (χ0) is 27.9. The fourth-order valence-corrected chi connectivity index (χ4v) is 6.62. The van der Waals surface area contributed by atoms with Crippen molar-refractivity contribution in [1.82, 2.24) is 24.4 Å². The number of imidazole rings is 1. The Balaban J connectivity index is 1.36. The smallest absolute Gasteiger partial charge is 0.410 e. The molecular weight excluding hydrogens is 584 g/mol. The molecule has 2 aliphatic heterocycles. The van der Waals surface area contributed by atoms with Crippen LogP contribution in [0.4, 0.5) is 10.6 Å². The van der Waals surface area contributed by atoms with Crippen LogP contribution in [0.5, 0.6) is 11.5 Å². The Labute approximate surface area is 241 Å². The number of rotatable bonds is 6. The van der Waals surface area contributed by atoms with Crippen LogP contribution in [0, 0.1) is 11.8 Å². The number of aryl methyl sites for hydroxylation is 1. The molecule has 0 aliphatic carbocycles. The number of amides is 1. The van der Waals surface area contributed by atoms with Crippen molar-refractivity contribution in [2.75, 3.05) is 19.1 Å². The largest absolute Gasteiger partial charge is 0.454 e. The third kappa shape index (κ3) is 6.06. The van der Waals surface area contributed by atoms with Crippen molar-refractivity contribution in [2.45, 2.75) is 82.1 Å². The van der Waals surface area contributed by atoms with Gasteiger partial charge in [0.2, 0.25) is 6.79 Å². The monoisotopic (exact) mass is 618 g/mol. The van der Waals surface area contributed by atoms with E-state index in [1.807, 2.05) is 37.8 Å². The Bertz CT molecular complexity index is 1370. The normalized spacial score (nSPS) is 19.2. The quantitative estimate of drug-likeness (QED) is 0.349. The first-order chi connectivity index (χ1) is 18.5. The average molecular weight is 620 g/mol. The SMILES string of the molecule is CC(C)[C@H]1C[C@H](CCn2c(Sc3cc4c(cc3Br)OCO4)nc3c(N)ncnc32)CCN1C(=O)OC(C)(C)C. The highest BCUT2D eigenvalue weighted by Crippen LogP contribution is 2.43. The van der Waals surface area contributed by atoms with E-state index in [1.165, 1.54) is 18.1 Å². The number of carbonyl (C=O) groups excluding carboxylic acids is 1. The number of fused-ring (bicyclic) bond motifs is 2. The van der Waals surface area contributed by atoms with Gasteiger partial charge in [-0.3, -0.25) is 0 Å². The van der Waals surface area contributed by atoms with Crippen molar-refractivity contribution in [3.05, 3.63) is 22.9 Å². The van der Waals surface area contributed by atoms with Crippen molar-refractivity contribution < 1.29 is 19.0 Å². The van der Waals surface area contributed by atoms with Gasteiger partial charge < -0.3 is 29.4 Å². The van der Waals surface area contributed by atoms with Crippen LogP contribution < -0.4 is 15.2 Å². The van der Waals surface area contributed by atoms with Crippen molar-refractivity contribution in [2.24, 2.45) is 11.8 Å². The molecule has 0 spiro atoms. The van der Waals surface area contributed by atoms with Crippen LogP contribution in [0.2, 0.25) is 0 Å². The number of hydrogen-bond donors (Lipinski definition) is 1. The molecule has 2 atom stereocenters. The molecular formula is C27H35BrN6O4S. The Morgan fingerprint density at radius 2 is 2.00 bits per heavy atom. The lowest BCUT2D eigenvalue weighted by Gasteiger charge is -2.42. The minimum absolute atomic E-state index is 0.134. The lowest BCUT2D eigenvalue weighted by molar-refractivity contribution is -0.00334. The highest BCUT2D eigenvalue weighted by Gasteiger charge is 2.36. The number of carbonyl (C=O) groups is 1. The summed E-state index contributed by atoms with van der Waals surface area (Å²) in [5.41, 5.74) is 6.98. The number of nitrogen functional groups attached to an aromatic ring is 1.